The van der Waals surface area contributed by atoms with E-state index in [-0.39, 0.29) is 12.4 Å². The normalized spacial score (nSPS) is 13.2. The molecule has 9 heteroatoms. The number of rotatable bonds is 5. The van der Waals surface area contributed by atoms with Gasteiger partial charge in [-0.2, -0.15) is 0 Å². The Hall–Kier alpha value is -3.33. The zero-order valence-electron chi connectivity index (χ0n) is 18.0. The number of fused-ring (bicyclic) bond motifs is 4. The lowest BCUT2D eigenvalue weighted by Crippen LogP contribution is -2.24. The second-order valence-corrected chi connectivity index (χ2v) is 9.34. The molecule has 0 aliphatic carbocycles. The van der Waals surface area contributed by atoms with E-state index in [0.29, 0.717) is 40.2 Å². The van der Waals surface area contributed by atoms with Crippen LogP contribution in [0.25, 0.3) is 16.7 Å². The molecule has 6 rings (SSSR count). The predicted octanol–water partition coefficient (Wildman–Crippen LogP) is 4.90. The highest BCUT2D eigenvalue weighted by atomic mass is 35.5. The van der Waals surface area contributed by atoms with E-state index in [9.17, 15) is 4.79 Å². The van der Waals surface area contributed by atoms with Crippen LogP contribution in [0.15, 0.2) is 76.7 Å². The Balaban J connectivity index is 1.45. The number of aromatic nitrogens is 4. The van der Waals surface area contributed by atoms with Gasteiger partial charge >= 0.3 is 0 Å². The third kappa shape index (κ3) is 3.73. The van der Waals surface area contributed by atoms with Crippen LogP contribution in [-0.2, 0) is 23.6 Å². The van der Waals surface area contributed by atoms with Gasteiger partial charge < -0.3 is 9.47 Å². The summed E-state index contributed by atoms with van der Waals surface area (Å²) in [5.74, 6) is 1.89. The highest BCUT2D eigenvalue weighted by Crippen LogP contribution is 2.35. The summed E-state index contributed by atoms with van der Waals surface area (Å²) >= 11 is 7.86. The van der Waals surface area contributed by atoms with Gasteiger partial charge in [0.15, 0.2) is 11.9 Å². The molecule has 0 radical (unpaired) electrons. The van der Waals surface area contributed by atoms with Crippen molar-refractivity contribution in [2.24, 2.45) is 0 Å². The van der Waals surface area contributed by atoms with Crippen LogP contribution in [0.1, 0.15) is 16.7 Å². The van der Waals surface area contributed by atoms with Crippen LogP contribution < -0.4 is 10.3 Å². The third-order valence-corrected chi connectivity index (χ3v) is 6.97. The van der Waals surface area contributed by atoms with Gasteiger partial charge in [-0.1, -0.05) is 65.8 Å². The molecule has 1 aliphatic rings. The number of halogens is 1. The Bertz CT molecular complexity index is 1580. The minimum atomic E-state index is -0.0896. The van der Waals surface area contributed by atoms with E-state index < -0.39 is 0 Å². The van der Waals surface area contributed by atoms with Crippen LogP contribution >= 0.6 is 23.4 Å². The zero-order chi connectivity index (χ0) is 23.1. The highest BCUT2D eigenvalue weighted by Gasteiger charge is 2.20. The standard InChI is InChI=1S/C25H19ClN4O3S/c26-19-10-17-13-32-15-33-22(17)18(11-19)14-34-25-28-27-24-29(12-16-6-2-1-3-7-16)23(31)20-8-4-5-9-21(20)30(24)25/h1-11H,12-15H2. The van der Waals surface area contributed by atoms with Gasteiger partial charge in [-0.25, -0.2) is 0 Å². The Morgan fingerprint density at radius 3 is 2.74 bits per heavy atom. The lowest BCUT2D eigenvalue weighted by molar-refractivity contribution is -0.0168. The summed E-state index contributed by atoms with van der Waals surface area (Å²) < 4.78 is 14.8. The van der Waals surface area contributed by atoms with E-state index in [0.717, 1.165) is 28.0 Å². The second-order valence-electron chi connectivity index (χ2n) is 7.96. The topological polar surface area (TPSA) is 70.7 Å². The average molecular weight is 491 g/mol. The van der Waals surface area contributed by atoms with E-state index >= 15 is 0 Å². The van der Waals surface area contributed by atoms with Gasteiger partial charge in [0, 0.05) is 21.9 Å². The average Bonchev–Trinajstić information content (AvgIpc) is 3.29. The fourth-order valence-corrected chi connectivity index (χ4v) is 5.41. The molecule has 0 N–H and O–H groups in total. The van der Waals surface area contributed by atoms with Crippen molar-refractivity contribution in [1.82, 2.24) is 19.2 Å². The van der Waals surface area contributed by atoms with Crippen molar-refractivity contribution in [1.29, 1.82) is 0 Å². The van der Waals surface area contributed by atoms with Crippen molar-refractivity contribution >= 4 is 40.0 Å². The highest BCUT2D eigenvalue weighted by molar-refractivity contribution is 7.98. The molecule has 170 valence electrons. The molecule has 5 aromatic rings. The van der Waals surface area contributed by atoms with Gasteiger partial charge in [-0.15, -0.1) is 10.2 Å². The molecule has 2 aromatic heterocycles. The molecule has 3 heterocycles. The van der Waals surface area contributed by atoms with Crippen molar-refractivity contribution < 1.29 is 9.47 Å². The van der Waals surface area contributed by atoms with Crippen LogP contribution in [-0.4, -0.2) is 26.0 Å². The first-order chi connectivity index (χ1) is 16.7. The van der Waals surface area contributed by atoms with Crippen molar-refractivity contribution in [3.63, 3.8) is 0 Å². The minimum absolute atomic E-state index is 0.0896. The second kappa shape index (κ2) is 8.79. The largest absolute Gasteiger partial charge is 0.467 e. The molecule has 0 atom stereocenters. The van der Waals surface area contributed by atoms with E-state index in [4.69, 9.17) is 21.1 Å². The van der Waals surface area contributed by atoms with Crippen molar-refractivity contribution in [3.05, 3.63) is 98.8 Å². The summed E-state index contributed by atoms with van der Waals surface area (Å²) in [5.41, 5.74) is 3.60. The molecule has 0 spiro atoms. The lowest BCUT2D eigenvalue weighted by Gasteiger charge is -2.21. The Morgan fingerprint density at radius 2 is 1.85 bits per heavy atom. The number of hydrogen-bond acceptors (Lipinski definition) is 6. The minimum Gasteiger partial charge on any atom is -0.467 e. The molecule has 0 unspecified atom stereocenters. The number of thioether (sulfide) groups is 1. The number of nitrogens with zero attached hydrogens (tertiary/aromatic N) is 4. The Kier molecular flexibility index (Phi) is 5.49. The fraction of sp³-hybridized carbons (Fsp3) is 0.160. The maximum atomic E-state index is 13.4. The first kappa shape index (κ1) is 21.2. The summed E-state index contributed by atoms with van der Waals surface area (Å²) in [6.45, 7) is 1.10. The fourth-order valence-electron chi connectivity index (χ4n) is 4.24. The molecule has 0 saturated carbocycles. The maximum absolute atomic E-state index is 13.4. The van der Waals surface area contributed by atoms with Gasteiger partial charge in [0.25, 0.3) is 5.56 Å². The van der Waals surface area contributed by atoms with Crippen LogP contribution in [0.3, 0.4) is 0 Å². The summed E-state index contributed by atoms with van der Waals surface area (Å²) in [6.07, 6.45) is 0. The van der Waals surface area contributed by atoms with Crippen molar-refractivity contribution in [2.75, 3.05) is 6.79 Å². The molecule has 0 fully saturated rings. The van der Waals surface area contributed by atoms with E-state index in [1.165, 1.54) is 11.8 Å². The summed E-state index contributed by atoms with van der Waals surface area (Å²) in [5, 5.41) is 10.8. The molecule has 1 aliphatic heterocycles. The third-order valence-electron chi connectivity index (χ3n) is 5.77. The molecule has 0 amide bonds. The molecule has 34 heavy (non-hydrogen) atoms. The quantitative estimate of drug-likeness (QED) is 0.326. The van der Waals surface area contributed by atoms with Gasteiger partial charge in [0.2, 0.25) is 5.78 Å². The number of hydrogen-bond donors (Lipinski definition) is 0. The van der Waals surface area contributed by atoms with Crippen molar-refractivity contribution in [3.8, 4) is 5.75 Å². The van der Waals surface area contributed by atoms with E-state index in [2.05, 4.69) is 10.2 Å². The number of para-hydroxylation sites is 1. The summed E-state index contributed by atoms with van der Waals surface area (Å²) in [7, 11) is 0. The van der Waals surface area contributed by atoms with E-state index in [1.807, 2.05) is 71.1 Å². The maximum Gasteiger partial charge on any atom is 0.263 e. The zero-order valence-corrected chi connectivity index (χ0v) is 19.6. The smallest absolute Gasteiger partial charge is 0.263 e. The summed E-state index contributed by atoms with van der Waals surface area (Å²) in [4.78, 5) is 13.4. The van der Waals surface area contributed by atoms with Crippen LogP contribution in [0.5, 0.6) is 5.75 Å². The first-order valence-electron chi connectivity index (χ1n) is 10.7. The first-order valence-corrected chi connectivity index (χ1v) is 12.1. The van der Waals surface area contributed by atoms with Crippen LogP contribution in [0.4, 0.5) is 0 Å². The predicted molar refractivity (Wildman–Crippen MR) is 132 cm³/mol. The van der Waals surface area contributed by atoms with Crippen molar-refractivity contribution in [2.45, 2.75) is 24.1 Å². The Labute approximate surface area is 203 Å². The molecule has 3 aromatic carbocycles. The molecule has 0 saturated heterocycles. The molecule has 0 bridgehead atoms. The number of ether oxygens (including phenoxy) is 2. The van der Waals surface area contributed by atoms with Crippen LogP contribution in [0, 0.1) is 0 Å². The molecular formula is C25H19ClN4O3S. The van der Waals surface area contributed by atoms with Gasteiger partial charge in [0.1, 0.15) is 5.75 Å². The SMILES string of the molecule is O=c1c2ccccc2n2c(SCc3cc(Cl)cc4c3OCOC4)nnc2n1Cc1ccccc1. The van der Waals surface area contributed by atoms with Gasteiger partial charge in [-0.05, 0) is 29.8 Å². The number of benzene rings is 3. The van der Waals surface area contributed by atoms with E-state index in [1.54, 1.807) is 4.57 Å². The molecular weight excluding hydrogens is 472 g/mol. The monoisotopic (exact) mass is 490 g/mol. The molecule has 7 nitrogen and oxygen atoms in total. The summed E-state index contributed by atoms with van der Waals surface area (Å²) in [6, 6.07) is 21.2. The van der Waals surface area contributed by atoms with Gasteiger partial charge in [0.05, 0.1) is 24.1 Å². The van der Waals surface area contributed by atoms with Crippen LogP contribution in [0.2, 0.25) is 5.02 Å². The Morgan fingerprint density at radius 1 is 1.03 bits per heavy atom. The lowest BCUT2D eigenvalue weighted by atomic mass is 10.1. The van der Waals surface area contributed by atoms with Gasteiger partial charge in [-0.3, -0.25) is 13.8 Å².